The number of hydrogen-bond acceptors (Lipinski definition) is 5. The van der Waals surface area contributed by atoms with Crippen LogP contribution in [-0.4, -0.2) is 35.7 Å². The highest BCUT2D eigenvalue weighted by molar-refractivity contribution is 7.91. The minimum absolute atomic E-state index is 0.290. The predicted octanol–water partition coefficient (Wildman–Crippen LogP) is 4.15. The number of sulfonamides is 1. The number of aryl methyl sites for hydroxylation is 1. The van der Waals surface area contributed by atoms with Crippen LogP contribution in [0.15, 0.2) is 36.7 Å². The molecule has 31 heavy (non-hydrogen) atoms. The van der Waals surface area contributed by atoms with Gasteiger partial charge in [0.2, 0.25) is 15.9 Å². The van der Waals surface area contributed by atoms with Crippen LogP contribution in [-0.2, 0) is 17.1 Å². The molecule has 9 heteroatoms. The molecule has 1 aliphatic rings. The third-order valence-electron chi connectivity index (χ3n) is 5.12. The molecule has 7 nitrogen and oxygen atoms in total. The molecule has 3 aromatic rings. The highest BCUT2D eigenvalue weighted by Gasteiger charge is 2.37. The van der Waals surface area contributed by atoms with Crippen molar-refractivity contribution in [2.75, 3.05) is 6.61 Å². The molecule has 0 bridgehead atoms. The van der Waals surface area contributed by atoms with Gasteiger partial charge in [0.15, 0.2) is 0 Å². The maximum atomic E-state index is 12.5. The fraction of sp³-hybridized carbons (Fsp3) is 0.364. The summed E-state index contributed by atoms with van der Waals surface area (Å²) in [6, 6.07) is 6.92. The van der Waals surface area contributed by atoms with E-state index in [-0.39, 0.29) is 5.56 Å². The molecular weight excluding hydrogens is 438 g/mol. The quantitative estimate of drug-likeness (QED) is 0.570. The van der Waals surface area contributed by atoms with Crippen molar-refractivity contribution in [3.8, 4) is 17.0 Å². The molecule has 1 aliphatic carbocycles. The minimum Gasteiger partial charge on any atom is -0.476 e. The van der Waals surface area contributed by atoms with Gasteiger partial charge in [-0.15, -0.1) is 0 Å². The number of nitrogens with one attached hydrogen (secondary N) is 1. The molecule has 0 saturated heterocycles. The average Bonchev–Trinajstić information content (AvgIpc) is 3.52. The zero-order valence-corrected chi connectivity index (χ0v) is 19.1. The Labute approximate surface area is 186 Å². The second kappa shape index (κ2) is 8.16. The first-order valence-corrected chi connectivity index (χ1v) is 12.0. The summed E-state index contributed by atoms with van der Waals surface area (Å²) in [5, 5.41) is 0.876. The number of benzene rings is 1. The van der Waals surface area contributed by atoms with Crippen molar-refractivity contribution in [1.82, 2.24) is 14.3 Å². The number of nitrogens with zero attached hydrogens (tertiary/aromatic N) is 2. The van der Waals surface area contributed by atoms with Crippen molar-refractivity contribution in [2.45, 2.75) is 31.9 Å². The Balaban J connectivity index is 1.63. The number of hydrogen-bond donors (Lipinski definition) is 1. The number of fused-ring (bicyclic) bond motifs is 1. The SMILES string of the molecule is CC(C)COc1ncc(-c2cn(C)c3cc(C(=O)NS(=O)(=O)C4CC4)ccc23)cc1Cl. The van der Waals surface area contributed by atoms with Crippen LogP contribution in [0.3, 0.4) is 0 Å². The minimum atomic E-state index is -3.60. The van der Waals surface area contributed by atoms with E-state index in [2.05, 4.69) is 9.71 Å². The van der Waals surface area contributed by atoms with Crippen molar-refractivity contribution in [1.29, 1.82) is 0 Å². The summed E-state index contributed by atoms with van der Waals surface area (Å²) in [6.45, 7) is 4.63. The number of ether oxygens (including phenoxy) is 1. The second-order valence-electron chi connectivity index (χ2n) is 8.28. The first-order chi connectivity index (χ1) is 14.7. The third-order valence-corrected chi connectivity index (χ3v) is 7.21. The molecule has 0 spiro atoms. The lowest BCUT2D eigenvalue weighted by molar-refractivity contribution is 0.0981. The van der Waals surface area contributed by atoms with E-state index in [1.807, 2.05) is 37.7 Å². The van der Waals surface area contributed by atoms with E-state index in [0.717, 1.165) is 22.0 Å². The molecule has 0 radical (unpaired) electrons. The first-order valence-electron chi connectivity index (χ1n) is 10.1. The van der Waals surface area contributed by atoms with Crippen molar-refractivity contribution in [3.63, 3.8) is 0 Å². The number of carbonyl (C=O) groups is 1. The highest BCUT2D eigenvalue weighted by atomic mass is 35.5. The van der Waals surface area contributed by atoms with Crippen molar-refractivity contribution >= 4 is 38.4 Å². The van der Waals surface area contributed by atoms with Gasteiger partial charge in [0.25, 0.3) is 5.91 Å². The van der Waals surface area contributed by atoms with E-state index in [0.29, 0.717) is 36.3 Å². The Kier molecular flexibility index (Phi) is 5.70. The zero-order chi connectivity index (χ0) is 22.3. The monoisotopic (exact) mass is 461 g/mol. The van der Waals surface area contributed by atoms with Gasteiger partial charge in [0.1, 0.15) is 5.02 Å². The molecule has 2 aromatic heterocycles. The van der Waals surface area contributed by atoms with Crippen LogP contribution in [0.4, 0.5) is 0 Å². The molecule has 2 heterocycles. The van der Waals surface area contributed by atoms with Crippen LogP contribution < -0.4 is 9.46 Å². The smallest absolute Gasteiger partial charge is 0.264 e. The molecule has 1 saturated carbocycles. The lowest BCUT2D eigenvalue weighted by Gasteiger charge is -2.10. The van der Waals surface area contributed by atoms with Crippen LogP contribution in [0.1, 0.15) is 37.0 Å². The van der Waals surface area contributed by atoms with Gasteiger partial charge in [0, 0.05) is 47.0 Å². The van der Waals surface area contributed by atoms with Gasteiger partial charge in [-0.25, -0.2) is 18.1 Å². The van der Waals surface area contributed by atoms with E-state index < -0.39 is 21.2 Å². The Hall–Kier alpha value is -2.58. The molecule has 1 amide bonds. The summed E-state index contributed by atoms with van der Waals surface area (Å²) < 4.78 is 33.8. The molecular formula is C22H24ClN3O4S. The van der Waals surface area contributed by atoms with Gasteiger partial charge < -0.3 is 9.30 Å². The van der Waals surface area contributed by atoms with E-state index in [9.17, 15) is 13.2 Å². The van der Waals surface area contributed by atoms with Crippen LogP contribution >= 0.6 is 11.6 Å². The number of carbonyl (C=O) groups excluding carboxylic acids is 1. The van der Waals surface area contributed by atoms with Gasteiger partial charge >= 0.3 is 0 Å². The van der Waals surface area contributed by atoms with Crippen LogP contribution in [0.25, 0.3) is 22.0 Å². The van der Waals surface area contributed by atoms with E-state index >= 15 is 0 Å². The van der Waals surface area contributed by atoms with Gasteiger partial charge in [-0.3, -0.25) is 4.79 Å². The summed E-state index contributed by atoms with van der Waals surface area (Å²) in [5.41, 5.74) is 2.81. The third kappa shape index (κ3) is 4.55. The van der Waals surface area contributed by atoms with Crippen molar-refractivity contribution < 1.29 is 17.9 Å². The number of aromatic nitrogens is 2. The normalized spacial score (nSPS) is 14.2. The molecule has 1 aromatic carbocycles. The summed E-state index contributed by atoms with van der Waals surface area (Å²) in [4.78, 5) is 16.8. The Morgan fingerprint density at radius 1 is 1.32 bits per heavy atom. The van der Waals surface area contributed by atoms with Gasteiger partial charge in [-0.2, -0.15) is 0 Å². The predicted molar refractivity (Wildman–Crippen MR) is 121 cm³/mol. The number of rotatable bonds is 7. The second-order valence-corrected chi connectivity index (χ2v) is 10.6. The molecule has 4 rings (SSSR count). The number of amides is 1. The largest absolute Gasteiger partial charge is 0.476 e. The fourth-order valence-electron chi connectivity index (χ4n) is 3.33. The van der Waals surface area contributed by atoms with E-state index in [1.54, 1.807) is 24.4 Å². The van der Waals surface area contributed by atoms with Crippen LogP contribution in [0.5, 0.6) is 5.88 Å². The van der Waals surface area contributed by atoms with Gasteiger partial charge in [0.05, 0.1) is 11.9 Å². The highest BCUT2D eigenvalue weighted by Crippen LogP contribution is 2.34. The standard InChI is InChI=1S/C22H24ClN3O4S/c1-13(2)12-30-22-19(23)8-15(10-24-22)18-11-26(3)20-9-14(4-7-17(18)20)21(27)25-31(28,29)16-5-6-16/h4,7-11,13,16H,5-6,12H2,1-3H3,(H,25,27). The van der Waals surface area contributed by atoms with Crippen LogP contribution in [0, 0.1) is 5.92 Å². The van der Waals surface area contributed by atoms with Crippen molar-refractivity contribution in [3.05, 3.63) is 47.2 Å². The Morgan fingerprint density at radius 3 is 2.71 bits per heavy atom. The number of halogens is 1. The fourth-order valence-corrected chi connectivity index (χ4v) is 4.85. The Morgan fingerprint density at radius 2 is 2.06 bits per heavy atom. The number of pyridine rings is 1. The molecule has 0 atom stereocenters. The lowest BCUT2D eigenvalue weighted by Crippen LogP contribution is -2.33. The summed E-state index contributed by atoms with van der Waals surface area (Å²) in [6.07, 6.45) is 4.83. The van der Waals surface area contributed by atoms with Crippen molar-refractivity contribution in [2.24, 2.45) is 13.0 Å². The Bertz CT molecular complexity index is 1260. The lowest BCUT2D eigenvalue weighted by atomic mass is 10.0. The maximum absolute atomic E-state index is 12.5. The average molecular weight is 462 g/mol. The molecule has 0 aliphatic heterocycles. The van der Waals surface area contributed by atoms with E-state index in [1.165, 1.54) is 0 Å². The molecule has 1 fully saturated rings. The summed E-state index contributed by atoms with van der Waals surface area (Å²) in [7, 11) is -1.73. The molecule has 0 unspecified atom stereocenters. The maximum Gasteiger partial charge on any atom is 0.264 e. The van der Waals surface area contributed by atoms with Gasteiger partial charge in [-0.05, 0) is 37.0 Å². The molecule has 1 N–H and O–H groups in total. The summed E-state index contributed by atoms with van der Waals surface area (Å²) in [5.74, 6) is 0.143. The zero-order valence-electron chi connectivity index (χ0n) is 17.6. The van der Waals surface area contributed by atoms with E-state index in [4.69, 9.17) is 16.3 Å². The van der Waals surface area contributed by atoms with Gasteiger partial charge in [-0.1, -0.05) is 31.5 Å². The topological polar surface area (TPSA) is 90.3 Å². The summed E-state index contributed by atoms with van der Waals surface area (Å²) >= 11 is 6.38. The first kappa shape index (κ1) is 21.6. The van der Waals surface area contributed by atoms with Crippen LogP contribution in [0.2, 0.25) is 5.02 Å². The molecule has 164 valence electrons.